The average molecular weight is 466 g/mol. The summed E-state index contributed by atoms with van der Waals surface area (Å²) in [6.45, 7) is 1.08. The van der Waals surface area contributed by atoms with Gasteiger partial charge in [-0.2, -0.15) is 4.31 Å². The first-order valence-electron chi connectivity index (χ1n) is 9.17. The standard InChI is InChI=1S/C20H24BrN3O3S/c1-23(2)19-11-10-17(28(26,27)24-12-4-3-5-13-24)14-18(19)22-20(25)15-6-8-16(21)9-7-15/h6-11,14H,3-5,12-13H2,1-2H3,(H,22,25). The van der Waals surface area contributed by atoms with Crippen molar-refractivity contribution in [3.63, 3.8) is 0 Å². The number of sulfonamides is 1. The quantitative estimate of drug-likeness (QED) is 0.725. The molecule has 1 amide bonds. The number of amides is 1. The van der Waals surface area contributed by atoms with E-state index in [1.807, 2.05) is 19.0 Å². The summed E-state index contributed by atoms with van der Waals surface area (Å²) in [7, 11) is 0.126. The molecule has 6 nitrogen and oxygen atoms in total. The summed E-state index contributed by atoms with van der Waals surface area (Å²) in [6, 6.07) is 11.9. The second-order valence-corrected chi connectivity index (χ2v) is 9.85. The molecule has 8 heteroatoms. The first kappa shape index (κ1) is 20.8. The van der Waals surface area contributed by atoms with Gasteiger partial charge in [0.2, 0.25) is 10.0 Å². The van der Waals surface area contributed by atoms with Gasteiger partial charge in [-0.15, -0.1) is 0 Å². The number of hydrogen-bond donors (Lipinski definition) is 1. The molecule has 1 heterocycles. The van der Waals surface area contributed by atoms with Crippen molar-refractivity contribution in [1.29, 1.82) is 0 Å². The molecule has 1 aliphatic heterocycles. The van der Waals surface area contributed by atoms with E-state index in [2.05, 4.69) is 21.2 Å². The zero-order chi connectivity index (χ0) is 20.3. The smallest absolute Gasteiger partial charge is 0.255 e. The summed E-state index contributed by atoms with van der Waals surface area (Å²) in [5, 5.41) is 2.86. The highest BCUT2D eigenvalue weighted by atomic mass is 79.9. The Morgan fingerprint density at radius 1 is 1.04 bits per heavy atom. The molecule has 1 N–H and O–H groups in total. The molecule has 2 aromatic rings. The van der Waals surface area contributed by atoms with Crippen molar-refractivity contribution in [2.24, 2.45) is 0 Å². The van der Waals surface area contributed by atoms with Crippen molar-refractivity contribution >= 4 is 43.2 Å². The number of nitrogens with one attached hydrogen (secondary N) is 1. The monoisotopic (exact) mass is 465 g/mol. The van der Waals surface area contributed by atoms with Gasteiger partial charge < -0.3 is 10.2 Å². The molecule has 0 aromatic heterocycles. The van der Waals surface area contributed by atoms with Crippen LogP contribution in [0, 0.1) is 0 Å². The number of halogens is 1. The predicted octanol–water partition coefficient (Wildman–Crippen LogP) is 3.94. The van der Waals surface area contributed by atoms with E-state index in [0.717, 1.165) is 29.4 Å². The Balaban J connectivity index is 1.93. The Labute approximate surface area is 174 Å². The molecule has 0 spiro atoms. The van der Waals surface area contributed by atoms with Crippen molar-refractivity contribution in [3.05, 3.63) is 52.5 Å². The highest BCUT2D eigenvalue weighted by Crippen LogP contribution is 2.30. The second-order valence-electron chi connectivity index (χ2n) is 7.00. The van der Waals surface area contributed by atoms with E-state index in [1.54, 1.807) is 42.5 Å². The van der Waals surface area contributed by atoms with Gasteiger partial charge in [-0.3, -0.25) is 4.79 Å². The highest BCUT2D eigenvalue weighted by Gasteiger charge is 2.27. The maximum absolute atomic E-state index is 13.0. The first-order chi connectivity index (χ1) is 13.3. The Kier molecular flexibility index (Phi) is 6.42. The molecule has 1 saturated heterocycles. The second kappa shape index (κ2) is 8.63. The van der Waals surface area contributed by atoms with E-state index in [0.29, 0.717) is 24.3 Å². The number of carbonyl (C=O) groups excluding carboxylic acids is 1. The summed E-state index contributed by atoms with van der Waals surface area (Å²) in [4.78, 5) is 14.7. The van der Waals surface area contributed by atoms with Crippen LogP contribution in [-0.4, -0.2) is 45.8 Å². The molecule has 150 valence electrons. The maximum Gasteiger partial charge on any atom is 0.255 e. The van der Waals surface area contributed by atoms with Crippen LogP contribution in [0.5, 0.6) is 0 Å². The number of piperidine rings is 1. The van der Waals surface area contributed by atoms with Gasteiger partial charge in [0.05, 0.1) is 16.3 Å². The Bertz CT molecular complexity index is 953. The minimum atomic E-state index is -3.58. The van der Waals surface area contributed by atoms with Crippen LogP contribution in [0.1, 0.15) is 29.6 Å². The van der Waals surface area contributed by atoms with E-state index in [4.69, 9.17) is 0 Å². The van der Waals surface area contributed by atoms with Gasteiger partial charge >= 0.3 is 0 Å². The number of carbonyl (C=O) groups is 1. The number of benzene rings is 2. The Morgan fingerprint density at radius 2 is 1.68 bits per heavy atom. The van der Waals surface area contributed by atoms with Gasteiger partial charge in [-0.1, -0.05) is 22.4 Å². The summed E-state index contributed by atoms with van der Waals surface area (Å²) in [6.07, 6.45) is 2.81. The topological polar surface area (TPSA) is 69.7 Å². The van der Waals surface area contributed by atoms with Crippen LogP contribution in [0.4, 0.5) is 11.4 Å². The van der Waals surface area contributed by atoms with Crippen LogP contribution in [0.2, 0.25) is 0 Å². The number of nitrogens with zero attached hydrogens (tertiary/aromatic N) is 2. The number of rotatable bonds is 5. The summed E-state index contributed by atoms with van der Waals surface area (Å²) in [5.41, 5.74) is 1.70. The van der Waals surface area contributed by atoms with E-state index in [-0.39, 0.29) is 10.8 Å². The molecule has 2 aromatic carbocycles. The molecule has 28 heavy (non-hydrogen) atoms. The minimum absolute atomic E-state index is 0.200. The maximum atomic E-state index is 13.0. The summed E-state index contributed by atoms with van der Waals surface area (Å²) < 4.78 is 28.4. The molecule has 1 fully saturated rings. The Morgan fingerprint density at radius 3 is 2.29 bits per heavy atom. The fourth-order valence-electron chi connectivity index (χ4n) is 3.22. The third-order valence-electron chi connectivity index (χ3n) is 4.76. The van der Waals surface area contributed by atoms with Crippen LogP contribution in [-0.2, 0) is 10.0 Å². The van der Waals surface area contributed by atoms with E-state index < -0.39 is 10.0 Å². The van der Waals surface area contributed by atoms with Crippen LogP contribution >= 0.6 is 15.9 Å². The lowest BCUT2D eigenvalue weighted by molar-refractivity contribution is 0.102. The third-order valence-corrected chi connectivity index (χ3v) is 7.18. The zero-order valence-corrected chi connectivity index (χ0v) is 18.4. The third kappa shape index (κ3) is 4.56. The lowest BCUT2D eigenvalue weighted by Crippen LogP contribution is -2.35. The van der Waals surface area contributed by atoms with Gasteiger partial charge in [0.1, 0.15) is 0 Å². The van der Waals surface area contributed by atoms with E-state index in [1.165, 1.54) is 4.31 Å². The lowest BCUT2D eigenvalue weighted by atomic mass is 10.2. The van der Waals surface area contributed by atoms with Crippen molar-refractivity contribution < 1.29 is 13.2 Å². The van der Waals surface area contributed by atoms with Crippen molar-refractivity contribution in [1.82, 2.24) is 4.31 Å². The normalized spacial score (nSPS) is 15.2. The molecule has 0 aliphatic carbocycles. The molecule has 0 bridgehead atoms. The van der Waals surface area contributed by atoms with E-state index in [9.17, 15) is 13.2 Å². The molecular weight excluding hydrogens is 442 g/mol. The van der Waals surface area contributed by atoms with Crippen molar-refractivity contribution in [2.75, 3.05) is 37.4 Å². The molecule has 0 saturated carbocycles. The number of anilines is 2. The van der Waals surface area contributed by atoms with Gasteiger partial charge in [0.15, 0.2) is 0 Å². The summed E-state index contributed by atoms with van der Waals surface area (Å²) >= 11 is 3.35. The zero-order valence-electron chi connectivity index (χ0n) is 16.0. The van der Waals surface area contributed by atoms with Gasteiger partial charge in [-0.25, -0.2) is 8.42 Å². The average Bonchev–Trinajstić information content (AvgIpc) is 2.69. The Hall–Kier alpha value is -1.90. The first-order valence-corrected chi connectivity index (χ1v) is 11.4. The fraction of sp³-hybridized carbons (Fsp3) is 0.350. The minimum Gasteiger partial charge on any atom is -0.376 e. The van der Waals surface area contributed by atoms with Crippen LogP contribution < -0.4 is 10.2 Å². The van der Waals surface area contributed by atoms with Gasteiger partial charge in [-0.05, 0) is 55.3 Å². The lowest BCUT2D eigenvalue weighted by Gasteiger charge is -2.26. The van der Waals surface area contributed by atoms with Crippen molar-refractivity contribution in [2.45, 2.75) is 24.2 Å². The highest BCUT2D eigenvalue weighted by molar-refractivity contribution is 9.10. The van der Waals surface area contributed by atoms with Crippen LogP contribution in [0.15, 0.2) is 51.8 Å². The molecule has 0 radical (unpaired) electrons. The van der Waals surface area contributed by atoms with Crippen molar-refractivity contribution in [3.8, 4) is 0 Å². The fourth-order valence-corrected chi connectivity index (χ4v) is 5.02. The SMILES string of the molecule is CN(C)c1ccc(S(=O)(=O)N2CCCCC2)cc1NC(=O)c1ccc(Br)cc1. The van der Waals surface area contributed by atoms with Gasteiger partial charge in [0.25, 0.3) is 5.91 Å². The summed E-state index contributed by atoms with van der Waals surface area (Å²) in [5.74, 6) is -0.289. The largest absolute Gasteiger partial charge is 0.376 e. The van der Waals surface area contributed by atoms with Gasteiger partial charge in [0, 0.05) is 37.2 Å². The number of hydrogen-bond acceptors (Lipinski definition) is 4. The molecule has 3 rings (SSSR count). The molecule has 0 atom stereocenters. The van der Waals surface area contributed by atoms with Crippen LogP contribution in [0.3, 0.4) is 0 Å². The van der Waals surface area contributed by atoms with Crippen LogP contribution in [0.25, 0.3) is 0 Å². The molecule has 1 aliphatic rings. The molecule has 0 unspecified atom stereocenters. The predicted molar refractivity (Wildman–Crippen MR) is 115 cm³/mol. The molecular formula is C20H24BrN3O3S. The van der Waals surface area contributed by atoms with E-state index >= 15 is 0 Å².